The second-order valence-corrected chi connectivity index (χ2v) is 3.18. The number of carbonyl (C=O) groups is 1. The molecule has 0 amide bonds. The van der Waals surface area contributed by atoms with Gasteiger partial charge in [0.25, 0.3) is 0 Å². The first-order chi connectivity index (χ1) is 6.43. The molecule has 1 rings (SSSR count). The van der Waals surface area contributed by atoms with E-state index in [4.69, 9.17) is 5.11 Å². The Labute approximate surface area is 80.2 Å². The van der Waals surface area contributed by atoms with E-state index in [1.807, 2.05) is 0 Å². The van der Waals surface area contributed by atoms with Gasteiger partial charge in [0.05, 0.1) is 0 Å². The van der Waals surface area contributed by atoms with Gasteiger partial charge in [-0.1, -0.05) is 6.07 Å². The number of aliphatic carboxylic acids is 1. The lowest BCUT2D eigenvalue weighted by Crippen LogP contribution is -2.10. The fourth-order valence-corrected chi connectivity index (χ4v) is 1.37. The van der Waals surface area contributed by atoms with Crippen LogP contribution in [0.4, 0.5) is 8.78 Å². The largest absolute Gasteiger partial charge is 0.479 e. The van der Waals surface area contributed by atoms with E-state index in [0.717, 1.165) is 6.07 Å². The maximum absolute atomic E-state index is 13.2. The number of hydrogen-bond acceptors (Lipinski definition) is 1. The highest BCUT2D eigenvalue weighted by molar-refractivity contribution is 5.74. The minimum atomic E-state index is -2.30. The highest BCUT2D eigenvalue weighted by Gasteiger charge is 2.24. The van der Waals surface area contributed by atoms with Gasteiger partial charge in [0, 0.05) is 5.56 Å². The number of carboxylic acids is 1. The number of halogens is 2. The summed E-state index contributed by atoms with van der Waals surface area (Å²) in [4.78, 5) is 10.3. The molecule has 1 unspecified atom stereocenters. The smallest absolute Gasteiger partial charge is 0.343 e. The second-order valence-electron chi connectivity index (χ2n) is 3.18. The summed E-state index contributed by atoms with van der Waals surface area (Å²) >= 11 is 0. The molecule has 0 heterocycles. The Morgan fingerprint density at radius 3 is 2.43 bits per heavy atom. The average molecular weight is 200 g/mol. The molecular formula is C10H10F2O2. The summed E-state index contributed by atoms with van der Waals surface area (Å²) in [6.45, 7) is 3.15. The molecule has 1 atom stereocenters. The molecule has 1 aromatic carbocycles. The number of aryl methyl sites for hydroxylation is 2. The first-order valence-electron chi connectivity index (χ1n) is 4.07. The highest BCUT2D eigenvalue weighted by Crippen LogP contribution is 2.25. The predicted octanol–water partition coefficient (Wildman–Crippen LogP) is 2.54. The molecule has 14 heavy (non-hydrogen) atoms. The molecule has 0 radical (unpaired) electrons. The van der Waals surface area contributed by atoms with Crippen molar-refractivity contribution in [1.82, 2.24) is 0 Å². The first kappa shape index (κ1) is 10.6. The van der Waals surface area contributed by atoms with Gasteiger partial charge >= 0.3 is 5.97 Å². The zero-order valence-corrected chi connectivity index (χ0v) is 7.84. The zero-order chi connectivity index (χ0) is 10.9. The molecule has 1 aromatic rings. The minimum Gasteiger partial charge on any atom is -0.479 e. The van der Waals surface area contributed by atoms with Gasteiger partial charge in [-0.05, 0) is 31.0 Å². The molecule has 0 saturated carbocycles. The molecule has 0 aliphatic rings. The lowest BCUT2D eigenvalue weighted by atomic mass is 10.0. The number of carboxylic acid groups (broad SMARTS) is 1. The molecule has 0 spiro atoms. The minimum absolute atomic E-state index is 0.317. The van der Waals surface area contributed by atoms with Crippen LogP contribution in [0.15, 0.2) is 12.1 Å². The Hall–Kier alpha value is -1.45. The van der Waals surface area contributed by atoms with E-state index < -0.39 is 18.0 Å². The number of alkyl halides is 1. The van der Waals surface area contributed by atoms with Gasteiger partial charge in [-0.25, -0.2) is 13.6 Å². The first-order valence-corrected chi connectivity index (χ1v) is 4.07. The third-order valence-electron chi connectivity index (χ3n) is 1.95. The topological polar surface area (TPSA) is 37.3 Å². The molecule has 0 aliphatic carbocycles. The molecule has 0 fully saturated rings. The van der Waals surface area contributed by atoms with E-state index in [-0.39, 0.29) is 5.56 Å². The number of rotatable bonds is 2. The number of hydrogen-bond donors (Lipinski definition) is 1. The van der Waals surface area contributed by atoms with Crippen molar-refractivity contribution in [1.29, 1.82) is 0 Å². The highest BCUT2D eigenvalue weighted by atomic mass is 19.1. The monoisotopic (exact) mass is 200 g/mol. The van der Waals surface area contributed by atoms with Crippen molar-refractivity contribution in [3.8, 4) is 0 Å². The molecule has 0 bridgehead atoms. The Morgan fingerprint density at radius 1 is 1.43 bits per heavy atom. The van der Waals surface area contributed by atoms with Crippen LogP contribution in [0.5, 0.6) is 0 Å². The van der Waals surface area contributed by atoms with E-state index in [9.17, 15) is 13.6 Å². The van der Waals surface area contributed by atoms with Gasteiger partial charge in [-0.15, -0.1) is 0 Å². The van der Waals surface area contributed by atoms with E-state index in [2.05, 4.69) is 0 Å². The molecule has 76 valence electrons. The normalized spacial score (nSPS) is 12.6. The molecule has 4 heteroatoms. The fourth-order valence-electron chi connectivity index (χ4n) is 1.37. The van der Waals surface area contributed by atoms with Crippen LogP contribution in [0.1, 0.15) is 22.9 Å². The summed E-state index contributed by atoms with van der Waals surface area (Å²) in [5.41, 5.74) is 0.571. The Kier molecular flexibility index (Phi) is 2.84. The number of benzene rings is 1. The van der Waals surface area contributed by atoms with Crippen LogP contribution >= 0.6 is 0 Å². The van der Waals surface area contributed by atoms with Gasteiger partial charge in [-0.3, -0.25) is 0 Å². The van der Waals surface area contributed by atoms with Gasteiger partial charge < -0.3 is 5.11 Å². The summed E-state index contributed by atoms with van der Waals surface area (Å²) in [5.74, 6) is -2.48. The van der Waals surface area contributed by atoms with Crippen molar-refractivity contribution in [2.75, 3.05) is 0 Å². The molecule has 0 aromatic heterocycles. The van der Waals surface area contributed by atoms with Crippen molar-refractivity contribution >= 4 is 5.97 Å². The molecule has 2 nitrogen and oxygen atoms in total. The molecule has 0 aliphatic heterocycles. The lowest BCUT2D eigenvalue weighted by Gasteiger charge is -2.09. The van der Waals surface area contributed by atoms with Crippen LogP contribution < -0.4 is 0 Å². The van der Waals surface area contributed by atoms with Crippen LogP contribution in [-0.4, -0.2) is 11.1 Å². The summed E-state index contributed by atoms with van der Waals surface area (Å²) < 4.78 is 26.3. The fraction of sp³-hybridized carbons (Fsp3) is 0.300. The predicted molar refractivity (Wildman–Crippen MR) is 47.4 cm³/mol. The maximum Gasteiger partial charge on any atom is 0.343 e. The third kappa shape index (κ3) is 1.89. The molecular weight excluding hydrogens is 190 g/mol. The lowest BCUT2D eigenvalue weighted by molar-refractivity contribution is -0.143. The van der Waals surface area contributed by atoms with Crippen LogP contribution in [0.2, 0.25) is 0 Å². The zero-order valence-electron chi connectivity index (χ0n) is 7.84. The van der Waals surface area contributed by atoms with Crippen molar-refractivity contribution in [3.05, 3.63) is 34.6 Å². The van der Waals surface area contributed by atoms with Crippen LogP contribution in [0, 0.1) is 19.7 Å². The maximum atomic E-state index is 13.2. The summed E-state index contributed by atoms with van der Waals surface area (Å²) in [6.07, 6.45) is -2.30. The van der Waals surface area contributed by atoms with E-state index in [1.54, 1.807) is 13.0 Å². The van der Waals surface area contributed by atoms with E-state index in [1.165, 1.54) is 6.92 Å². The average Bonchev–Trinajstić information content (AvgIpc) is 2.01. The molecule has 1 N–H and O–H groups in total. The summed E-state index contributed by atoms with van der Waals surface area (Å²) in [6, 6.07) is 2.67. The van der Waals surface area contributed by atoms with Gasteiger partial charge in [0.2, 0.25) is 6.17 Å². The Bertz CT molecular complexity index is 351. The van der Waals surface area contributed by atoms with Crippen LogP contribution in [0.25, 0.3) is 0 Å². The van der Waals surface area contributed by atoms with Crippen LogP contribution in [0.3, 0.4) is 0 Å². The summed E-state index contributed by atoms with van der Waals surface area (Å²) in [5, 5.41) is 8.41. The third-order valence-corrected chi connectivity index (χ3v) is 1.95. The van der Waals surface area contributed by atoms with Gasteiger partial charge in [0.1, 0.15) is 5.82 Å². The van der Waals surface area contributed by atoms with Gasteiger partial charge in [-0.2, -0.15) is 0 Å². The quantitative estimate of drug-likeness (QED) is 0.796. The van der Waals surface area contributed by atoms with Crippen LogP contribution in [-0.2, 0) is 4.79 Å². The van der Waals surface area contributed by atoms with Crippen molar-refractivity contribution in [3.63, 3.8) is 0 Å². The standard InChI is InChI=1S/C10H10F2O2/c1-5-3-6(2)8(7(11)4-5)9(12)10(13)14/h3-4,9H,1-2H3,(H,13,14). The van der Waals surface area contributed by atoms with Crippen molar-refractivity contribution in [2.45, 2.75) is 20.0 Å². The SMILES string of the molecule is Cc1cc(C)c(C(F)C(=O)O)c(F)c1. The van der Waals surface area contributed by atoms with Gasteiger partial charge in [0.15, 0.2) is 0 Å². The van der Waals surface area contributed by atoms with E-state index in [0.29, 0.717) is 11.1 Å². The Morgan fingerprint density at radius 2 is 2.00 bits per heavy atom. The second kappa shape index (κ2) is 3.74. The Balaban J connectivity index is 3.27. The summed E-state index contributed by atoms with van der Waals surface area (Å²) in [7, 11) is 0. The molecule has 0 saturated heterocycles. The van der Waals surface area contributed by atoms with Crippen molar-refractivity contribution in [2.24, 2.45) is 0 Å². The van der Waals surface area contributed by atoms with E-state index >= 15 is 0 Å². The van der Waals surface area contributed by atoms with Crippen molar-refractivity contribution < 1.29 is 18.7 Å².